The van der Waals surface area contributed by atoms with Crippen molar-refractivity contribution in [3.63, 3.8) is 0 Å². The highest BCUT2D eigenvalue weighted by Gasteiger charge is 2.46. The van der Waals surface area contributed by atoms with Crippen molar-refractivity contribution in [1.29, 1.82) is 0 Å². The van der Waals surface area contributed by atoms with E-state index >= 15 is 0 Å². The highest BCUT2D eigenvalue weighted by Crippen LogP contribution is 2.29. The van der Waals surface area contributed by atoms with E-state index in [1.165, 1.54) is 0 Å². The molecule has 0 saturated carbocycles. The normalized spacial score (nSPS) is 18.5. The Kier molecular flexibility index (Phi) is 2.04. The first-order valence-corrected chi connectivity index (χ1v) is 3.58. The average molecular weight is 154 g/mol. The molecule has 3 heteroatoms. The largest absolute Gasteiger partial charge is 0.516 e. The first kappa shape index (κ1) is 7.93. The van der Waals surface area contributed by atoms with Crippen LogP contribution < -0.4 is 0 Å². The summed E-state index contributed by atoms with van der Waals surface area (Å²) < 4.78 is 9.55. The first-order valence-electron chi connectivity index (χ1n) is 3.58. The lowest BCUT2D eigenvalue weighted by molar-refractivity contribution is -0.236. The van der Waals surface area contributed by atoms with Crippen LogP contribution in [0.25, 0.3) is 0 Å². The second-order valence-electron chi connectivity index (χ2n) is 2.33. The van der Waals surface area contributed by atoms with Crippen LogP contribution in [0.4, 0.5) is 4.79 Å². The quantitative estimate of drug-likeness (QED) is 0.448. The maximum absolute atomic E-state index is 10.4. The zero-order chi connectivity index (χ0) is 8.32. The summed E-state index contributed by atoms with van der Waals surface area (Å²) in [6.07, 6.45) is 0.892. The monoisotopic (exact) mass is 154 g/mol. The van der Waals surface area contributed by atoms with Gasteiger partial charge < -0.3 is 9.47 Å². The molecule has 0 aliphatic carbocycles. The van der Waals surface area contributed by atoms with Crippen LogP contribution in [0, 0.1) is 11.8 Å². The Labute approximate surface area is 65.7 Å². The second-order valence-corrected chi connectivity index (χ2v) is 2.33. The van der Waals surface area contributed by atoms with E-state index in [0.29, 0.717) is 6.42 Å². The van der Waals surface area contributed by atoms with Crippen LogP contribution in [0.15, 0.2) is 0 Å². The summed E-state index contributed by atoms with van der Waals surface area (Å²) in [5.41, 5.74) is 0. The lowest BCUT2D eigenvalue weighted by atomic mass is 10.1. The summed E-state index contributed by atoms with van der Waals surface area (Å²) in [6, 6.07) is 0. The van der Waals surface area contributed by atoms with Crippen molar-refractivity contribution in [2.75, 3.05) is 0 Å². The number of rotatable bonds is 2. The van der Waals surface area contributed by atoms with Crippen LogP contribution >= 0.6 is 0 Å². The van der Waals surface area contributed by atoms with E-state index in [0.717, 1.165) is 6.42 Å². The maximum atomic E-state index is 10.4. The molecule has 1 aliphatic heterocycles. The van der Waals surface area contributed by atoms with Gasteiger partial charge in [-0.05, 0) is 19.3 Å². The van der Waals surface area contributed by atoms with Gasteiger partial charge in [0.25, 0.3) is 0 Å². The molecular weight excluding hydrogens is 144 g/mol. The van der Waals surface area contributed by atoms with Crippen molar-refractivity contribution < 1.29 is 14.3 Å². The SMILES string of the molecule is CC#CC1(CCC)OC(=O)O1. The highest BCUT2D eigenvalue weighted by atomic mass is 16.9. The Morgan fingerprint density at radius 1 is 1.55 bits per heavy atom. The third-order valence-electron chi connectivity index (χ3n) is 1.39. The smallest absolute Gasteiger partial charge is 0.379 e. The molecule has 0 radical (unpaired) electrons. The fourth-order valence-electron chi connectivity index (χ4n) is 1.01. The molecule has 0 unspecified atom stereocenters. The zero-order valence-electron chi connectivity index (χ0n) is 6.64. The number of carbonyl (C=O) groups is 1. The van der Waals surface area contributed by atoms with E-state index in [1.54, 1.807) is 6.92 Å². The molecular formula is C8H10O3. The summed E-state index contributed by atoms with van der Waals surface area (Å²) in [7, 11) is 0. The average Bonchev–Trinajstić information content (AvgIpc) is 1.86. The number of hydrogen-bond donors (Lipinski definition) is 0. The van der Waals surface area contributed by atoms with Crippen LogP contribution in [0.2, 0.25) is 0 Å². The Morgan fingerprint density at radius 2 is 2.18 bits per heavy atom. The van der Waals surface area contributed by atoms with Gasteiger partial charge in [0.1, 0.15) is 0 Å². The van der Waals surface area contributed by atoms with Crippen LogP contribution in [-0.4, -0.2) is 11.9 Å². The third-order valence-corrected chi connectivity index (χ3v) is 1.39. The van der Waals surface area contributed by atoms with E-state index in [1.807, 2.05) is 6.92 Å². The lowest BCUT2D eigenvalue weighted by Gasteiger charge is -2.34. The van der Waals surface area contributed by atoms with Crippen molar-refractivity contribution in [2.24, 2.45) is 0 Å². The summed E-state index contributed by atoms with van der Waals surface area (Å²) in [5, 5.41) is 0. The van der Waals surface area contributed by atoms with Gasteiger partial charge in [0.05, 0.1) is 0 Å². The molecule has 0 spiro atoms. The van der Waals surface area contributed by atoms with E-state index < -0.39 is 11.9 Å². The molecule has 1 aliphatic rings. The molecule has 1 saturated heterocycles. The van der Waals surface area contributed by atoms with E-state index in [2.05, 4.69) is 11.8 Å². The Balaban J connectivity index is 2.57. The fraction of sp³-hybridized carbons (Fsp3) is 0.625. The highest BCUT2D eigenvalue weighted by molar-refractivity contribution is 5.67. The predicted molar refractivity (Wildman–Crippen MR) is 38.7 cm³/mol. The molecule has 0 amide bonds. The van der Waals surface area contributed by atoms with Gasteiger partial charge in [-0.25, -0.2) is 4.79 Å². The van der Waals surface area contributed by atoms with Gasteiger partial charge >= 0.3 is 11.9 Å². The van der Waals surface area contributed by atoms with Crippen molar-refractivity contribution in [3.05, 3.63) is 0 Å². The summed E-state index contributed by atoms with van der Waals surface area (Å²) in [5.74, 6) is 4.46. The van der Waals surface area contributed by atoms with Crippen molar-refractivity contribution in [3.8, 4) is 11.8 Å². The number of carbonyl (C=O) groups excluding carboxylic acids is 1. The van der Waals surface area contributed by atoms with Gasteiger partial charge in [-0.15, -0.1) is 0 Å². The minimum absolute atomic E-state index is 0.624. The Morgan fingerprint density at radius 3 is 2.55 bits per heavy atom. The summed E-state index contributed by atoms with van der Waals surface area (Å²) in [6.45, 7) is 3.67. The van der Waals surface area contributed by atoms with Gasteiger partial charge in [-0.2, -0.15) is 0 Å². The standard InChI is InChI=1S/C8H10O3/c1-3-5-8(6-4-2)10-7(9)11-8/h3,5H2,1-2H3. The first-order chi connectivity index (χ1) is 5.22. The van der Waals surface area contributed by atoms with Gasteiger partial charge in [0.15, 0.2) is 0 Å². The van der Waals surface area contributed by atoms with Gasteiger partial charge in [-0.3, -0.25) is 0 Å². The molecule has 3 nitrogen and oxygen atoms in total. The lowest BCUT2D eigenvalue weighted by Crippen LogP contribution is -2.48. The molecule has 1 fully saturated rings. The Hall–Kier alpha value is -1.17. The van der Waals surface area contributed by atoms with E-state index in [9.17, 15) is 4.79 Å². The molecule has 0 aromatic rings. The van der Waals surface area contributed by atoms with Crippen LogP contribution in [0.5, 0.6) is 0 Å². The fourth-order valence-corrected chi connectivity index (χ4v) is 1.01. The summed E-state index contributed by atoms with van der Waals surface area (Å²) >= 11 is 0. The molecule has 0 N–H and O–H groups in total. The molecule has 11 heavy (non-hydrogen) atoms. The molecule has 60 valence electrons. The minimum atomic E-state index is -0.916. The number of ether oxygens (including phenoxy) is 2. The maximum Gasteiger partial charge on any atom is 0.516 e. The Bertz CT molecular complexity index is 213. The number of hydrogen-bond acceptors (Lipinski definition) is 3. The van der Waals surface area contributed by atoms with E-state index in [4.69, 9.17) is 9.47 Å². The molecule has 0 aromatic carbocycles. The van der Waals surface area contributed by atoms with Gasteiger partial charge in [0, 0.05) is 6.42 Å². The van der Waals surface area contributed by atoms with Crippen LogP contribution in [0.3, 0.4) is 0 Å². The molecule has 0 atom stereocenters. The van der Waals surface area contributed by atoms with Crippen molar-refractivity contribution >= 4 is 6.16 Å². The van der Waals surface area contributed by atoms with E-state index in [-0.39, 0.29) is 0 Å². The minimum Gasteiger partial charge on any atom is -0.379 e. The summed E-state index contributed by atoms with van der Waals surface area (Å²) in [4.78, 5) is 10.4. The van der Waals surface area contributed by atoms with Crippen molar-refractivity contribution in [2.45, 2.75) is 32.5 Å². The van der Waals surface area contributed by atoms with Crippen LogP contribution in [0.1, 0.15) is 26.7 Å². The predicted octanol–water partition coefficient (Wildman–Crippen LogP) is 1.67. The second kappa shape index (κ2) is 2.83. The van der Waals surface area contributed by atoms with Crippen LogP contribution in [-0.2, 0) is 9.47 Å². The van der Waals surface area contributed by atoms with Crippen molar-refractivity contribution in [1.82, 2.24) is 0 Å². The molecule has 1 rings (SSSR count). The third kappa shape index (κ3) is 1.45. The molecule has 1 heterocycles. The number of cyclic esters (lactones) is 2. The van der Waals surface area contributed by atoms with Gasteiger partial charge in [-0.1, -0.05) is 12.8 Å². The molecule has 0 aromatic heterocycles. The zero-order valence-corrected chi connectivity index (χ0v) is 6.64. The topological polar surface area (TPSA) is 35.5 Å². The molecule has 0 bridgehead atoms. The van der Waals surface area contributed by atoms with Gasteiger partial charge in [0.2, 0.25) is 0 Å².